The molecule has 0 aliphatic heterocycles. The number of benzene rings is 3. The lowest BCUT2D eigenvalue weighted by Crippen LogP contribution is -2.35. The van der Waals surface area contributed by atoms with Crippen LogP contribution in [0, 0.1) is 11.6 Å². The van der Waals surface area contributed by atoms with Gasteiger partial charge in [0.2, 0.25) is 6.41 Å². The number of aliphatic carboxylic acids is 1. The van der Waals surface area contributed by atoms with Crippen LogP contribution in [0.5, 0.6) is 5.75 Å². The number of carboxylic acids is 1. The average molecular weight is 714 g/mol. The third-order valence-electron chi connectivity index (χ3n) is 6.57. The average Bonchev–Trinajstić information content (AvgIpc) is 3.05. The van der Waals surface area contributed by atoms with Gasteiger partial charge in [0.25, 0.3) is 5.91 Å². The van der Waals surface area contributed by atoms with E-state index in [2.05, 4.69) is 27.6 Å². The second-order valence-corrected chi connectivity index (χ2v) is 10.4. The van der Waals surface area contributed by atoms with Crippen molar-refractivity contribution in [2.24, 2.45) is 0 Å². The zero-order valence-corrected chi connectivity index (χ0v) is 28.3. The van der Waals surface area contributed by atoms with Crippen LogP contribution in [0.1, 0.15) is 42.0 Å². The molecule has 0 fully saturated rings. The molecule has 3 aromatic rings. The lowest BCUT2D eigenvalue weighted by atomic mass is 9.99. The molecule has 0 atom stereocenters. The summed E-state index contributed by atoms with van der Waals surface area (Å²) in [4.78, 5) is 35.9. The number of methoxy groups -OCH3 is 2. The summed E-state index contributed by atoms with van der Waals surface area (Å²) < 4.78 is 83.0. The Morgan fingerprint density at radius 3 is 2.16 bits per heavy atom. The minimum atomic E-state index is -4.88. The number of ether oxygens (including phenoxy) is 2. The molecule has 0 aliphatic carbocycles. The fourth-order valence-electron chi connectivity index (χ4n) is 4.31. The van der Waals surface area contributed by atoms with Crippen molar-refractivity contribution < 1.29 is 50.9 Å². The van der Waals surface area contributed by atoms with Crippen molar-refractivity contribution >= 4 is 36.7 Å². The van der Waals surface area contributed by atoms with Crippen LogP contribution >= 0.6 is 12.8 Å². The maximum Gasteiger partial charge on any atom is 0.416 e. The van der Waals surface area contributed by atoms with Gasteiger partial charge in [-0.15, -0.1) is 0 Å². The fourth-order valence-corrected chi connectivity index (χ4v) is 4.47. The van der Waals surface area contributed by atoms with Gasteiger partial charge in [0.15, 0.2) is 11.6 Å². The topological polar surface area (TPSA) is 117 Å². The van der Waals surface area contributed by atoms with Crippen molar-refractivity contribution in [3.63, 3.8) is 0 Å². The molecular weight excluding hydrogens is 673 g/mol. The number of thiol groups is 1. The molecule has 0 radical (unpaired) electrons. The van der Waals surface area contributed by atoms with E-state index < -0.39 is 47.4 Å². The number of halogens is 5. The van der Waals surface area contributed by atoms with Gasteiger partial charge >= 0.3 is 12.1 Å². The van der Waals surface area contributed by atoms with E-state index >= 15 is 4.39 Å². The van der Waals surface area contributed by atoms with E-state index in [0.717, 1.165) is 28.7 Å². The maximum atomic E-state index is 15.3. The van der Waals surface area contributed by atoms with Crippen LogP contribution in [0.2, 0.25) is 0 Å². The first-order chi connectivity index (χ1) is 23.3. The minimum Gasteiger partial charge on any atom is -0.494 e. The Bertz CT molecular complexity index is 1520. The Kier molecular flexibility index (Phi) is 19.3. The normalized spacial score (nSPS) is 11.1. The SMILES string of the molecule is COC.COc1cccc(/C(C(=O)N(CCc2ccccc2)Cc2c(F)cccc2C(F)(F)F)=C(\C)NC=O)c1F.O=C(O)CCCNS. The van der Waals surface area contributed by atoms with E-state index in [-0.39, 0.29) is 48.4 Å². The van der Waals surface area contributed by atoms with Gasteiger partial charge < -0.3 is 24.8 Å². The standard InChI is InChI=1S/C28H25F5N2O3.C4H9NO2S.C2H6O/c1-18(34-17-36)25(20-10-6-13-24(38-2)26(20)30)27(37)35(15-14-19-8-4-3-5-9-19)16-21-22(28(31,32)33)11-7-12-23(21)29;6-4(7)2-1-3-5-8;1-3-2/h3-13,17H,14-16H2,1-2H3,(H,34,36);5,8H,1-3H2,(H,6,7);1-2H3/b25-18-;;. The third kappa shape index (κ3) is 14.3. The monoisotopic (exact) mass is 713 g/mol. The van der Waals surface area contributed by atoms with Gasteiger partial charge in [0.1, 0.15) is 5.82 Å². The number of alkyl halides is 3. The summed E-state index contributed by atoms with van der Waals surface area (Å²) in [6.45, 7) is 1.12. The quantitative estimate of drug-likeness (QED) is 0.0511. The van der Waals surface area contributed by atoms with Crippen LogP contribution in [-0.4, -0.2) is 62.7 Å². The molecule has 2 amide bonds. The zero-order chi connectivity index (χ0) is 37.0. The van der Waals surface area contributed by atoms with Crippen molar-refractivity contribution in [2.75, 3.05) is 34.4 Å². The number of amides is 2. The van der Waals surface area contributed by atoms with Crippen molar-refractivity contribution in [1.82, 2.24) is 14.9 Å². The van der Waals surface area contributed by atoms with E-state index in [1.807, 2.05) is 0 Å². The predicted octanol–water partition coefficient (Wildman–Crippen LogP) is 6.29. The second-order valence-electron chi connectivity index (χ2n) is 10.1. The van der Waals surface area contributed by atoms with Gasteiger partial charge in [-0.25, -0.2) is 8.78 Å². The fraction of sp³-hybridized carbons (Fsp3) is 0.324. The molecule has 0 unspecified atom stereocenters. The Morgan fingerprint density at radius 1 is 0.980 bits per heavy atom. The van der Waals surface area contributed by atoms with Crippen LogP contribution in [0.15, 0.2) is 72.4 Å². The molecule has 0 bridgehead atoms. The molecule has 15 heteroatoms. The number of nitrogens with zero attached hydrogens (tertiary/aromatic N) is 1. The van der Waals surface area contributed by atoms with E-state index in [1.165, 1.54) is 32.2 Å². The number of hydrogen-bond donors (Lipinski definition) is 4. The molecule has 0 aromatic heterocycles. The van der Waals surface area contributed by atoms with Crippen molar-refractivity contribution in [3.8, 4) is 5.75 Å². The summed E-state index contributed by atoms with van der Waals surface area (Å²) in [5, 5.41) is 10.4. The number of hydrogen-bond acceptors (Lipinski definition) is 7. The summed E-state index contributed by atoms with van der Waals surface area (Å²) in [5.74, 6) is -3.89. The molecule has 3 rings (SSSR count). The molecule has 0 spiro atoms. The van der Waals surface area contributed by atoms with Crippen molar-refractivity contribution in [3.05, 3.63) is 106 Å². The first-order valence-electron chi connectivity index (χ1n) is 14.7. The highest BCUT2D eigenvalue weighted by Crippen LogP contribution is 2.35. The Hall–Kier alpha value is -4.47. The molecule has 0 saturated heterocycles. The van der Waals surface area contributed by atoms with E-state index in [1.54, 1.807) is 44.6 Å². The summed E-state index contributed by atoms with van der Waals surface area (Å²) in [6.07, 6.45) is -3.52. The number of allylic oxidation sites excluding steroid dienone is 1. The third-order valence-corrected chi connectivity index (χ3v) is 6.79. The zero-order valence-electron chi connectivity index (χ0n) is 27.4. The van der Waals surface area contributed by atoms with Gasteiger partial charge in [0, 0.05) is 57.1 Å². The van der Waals surface area contributed by atoms with Gasteiger partial charge in [-0.1, -0.05) is 61.3 Å². The van der Waals surface area contributed by atoms with E-state index in [0.29, 0.717) is 13.0 Å². The molecule has 0 heterocycles. The van der Waals surface area contributed by atoms with E-state index in [4.69, 9.17) is 9.84 Å². The number of nitrogens with one attached hydrogen (secondary N) is 2. The van der Waals surface area contributed by atoms with E-state index in [9.17, 15) is 31.9 Å². The molecule has 268 valence electrons. The number of carbonyl (C=O) groups is 3. The summed E-state index contributed by atoms with van der Waals surface area (Å²) in [5.41, 5.74) is -1.78. The summed E-state index contributed by atoms with van der Waals surface area (Å²) in [6, 6.07) is 15.4. The first-order valence-corrected chi connectivity index (χ1v) is 15.1. The highest BCUT2D eigenvalue weighted by molar-refractivity contribution is 7.78. The lowest BCUT2D eigenvalue weighted by Gasteiger charge is -2.27. The second kappa shape index (κ2) is 22.2. The molecule has 3 N–H and O–H groups in total. The highest BCUT2D eigenvalue weighted by atomic mass is 32.1. The Morgan fingerprint density at radius 2 is 1.61 bits per heavy atom. The smallest absolute Gasteiger partial charge is 0.416 e. The predicted molar refractivity (Wildman–Crippen MR) is 179 cm³/mol. The minimum absolute atomic E-state index is 0.0496. The van der Waals surface area contributed by atoms with Crippen LogP contribution in [0.25, 0.3) is 5.57 Å². The van der Waals surface area contributed by atoms with Crippen LogP contribution in [0.4, 0.5) is 22.0 Å². The number of carboxylic acid groups (broad SMARTS) is 1. The summed E-state index contributed by atoms with van der Waals surface area (Å²) in [7, 11) is 4.48. The molecule has 0 saturated carbocycles. The molecular formula is C34H40F5N3O6S. The largest absolute Gasteiger partial charge is 0.494 e. The van der Waals surface area contributed by atoms with Crippen molar-refractivity contribution in [2.45, 2.75) is 38.9 Å². The molecule has 3 aromatic carbocycles. The van der Waals surface area contributed by atoms with Gasteiger partial charge in [-0.05, 0) is 43.5 Å². The highest BCUT2D eigenvalue weighted by Gasteiger charge is 2.36. The Balaban J connectivity index is 0.000000943. The van der Waals surface area contributed by atoms with Gasteiger partial charge in [-0.2, -0.15) is 13.2 Å². The van der Waals surface area contributed by atoms with Crippen LogP contribution < -0.4 is 14.8 Å². The number of carbonyl (C=O) groups excluding carboxylic acids is 2. The molecule has 9 nitrogen and oxygen atoms in total. The molecule has 49 heavy (non-hydrogen) atoms. The van der Waals surface area contributed by atoms with Crippen molar-refractivity contribution in [1.29, 1.82) is 0 Å². The van der Waals surface area contributed by atoms with Crippen LogP contribution in [0.3, 0.4) is 0 Å². The Labute approximate surface area is 287 Å². The molecule has 0 aliphatic rings. The maximum absolute atomic E-state index is 15.3. The number of rotatable bonds is 14. The van der Waals surface area contributed by atoms with Crippen LogP contribution in [-0.2, 0) is 38.3 Å². The van der Waals surface area contributed by atoms with Gasteiger partial charge in [-0.3, -0.25) is 19.1 Å². The lowest BCUT2D eigenvalue weighted by molar-refractivity contribution is -0.139. The first kappa shape index (κ1) is 42.6. The summed E-state index contributed by atoms with van der Waals surface area (Å²) >= 11 is 3.68. The van der Waals surface area contributed by atoms with Gasteiger partial charge in [0.05, 0.1) is 18.2 Å².